The second-order valence-corrected chi connectivity index (χ2v) is 6.38. The molecule has 1 heterocycles. The first-order valence-electron chi connectivity index (χ1n) is 8.12. The molecule has 0 aromatic heterocycles. The molecule has 0 aliphatic carbocycles. The fourth-order valence-electron chi connectivity index (χ4n) is 1.90. The summed E-state index contributed by atoms with van der Waals surface area (Å²) in [6.07, 6.45) is 3.26. The molecule has 3 rings (SSSR count). The van der Waals surface area contributed by atoms with Gasteiger partial charge in [-0.2, -0.15) is 4.99 Å². The largest absolute Gasteiger partial charge is 0.412 e. The Morgan fingerprint density at radius 1 is 1.03 bits per heavy atom. The Morgan fingerprint density at radius 2 is 1.55 bits per heavy atom. The summed E-state index contributed by atoms with van der Waals surface area (Å²) in [6, 6.07) is 14.2. The monoisotopic (exact) mass is 438 g/mol. The lowest BCUT2D eigenvalue weighted by Crippen LogP contribution is -2.09. The van der Waals surface area contributed by atoms with E-state index in [1.807, 2.05) is 24.3 Å². The molecule has 0 spiro atoms. The van der Waals surface area contributed by atoms with Crippen molar-refractivity contribution in [2.75, 3.05) is 20.6 Å². The van der Waals surface area contributed by atoms with Crippen LogP contribution in [0.2, 0.25) is 10.0 Å². The quantitative estimate of drug-likeness (QED) is 0.327. The molecular formula is C19H24Cl2N6O2. The first kappa shape index (κ1) is 26.4. The van der Waals surface area contributed by atoms with Crippen LogP contribution in [-0.2, 0) is 0 Å². The summed E-state index contributed by atoms with van der Waals surface area (Å²) in [6.45, 7) is 0.692. The smallest absolute Gasteiger partial charge is 0.278 e. The van der Waals surface area contributed by atoms with Crippen LogP contribution in [0, 0.1) is 0 Å². The number of carbonyl (C=O) groups is 1. The second kappa shape index (κ2) is 14.4. The van der Waals surface area contributed by atoms with E-state index in [1.54, 1.807) is 49.5 Å². The molecule has 2 aromatic rings. The van der Waals surface area contributed by atoms with Crippen LogP contribution in [0.25, 0.3) is 0 Å². The minimum Gasteiger partial charge on any atom is -0.412 e. The molecule has 1 aliphatic rings. The number of amides is 1. The maximum atomic E-state index is 11.4. The average Bonchev–Trinajstić information content (AvgIpc) is 3.24. The number of halogens is 2. The maximum absolute atomic E-state index is 11.4. The van der Waals surface area contributed by atoms with Crippen molar-refractivity contribution in [1.82, 2.24) is 4.90 Å². The van der Waals surface area contributed by atoms with E-state index in [9.17, 15) is 4.79 Å². The number of hydrogen-bond acceptors (Lipinski definition) is 5. The lowest BCUT2D eigenvalue weighted by atomic mass is 10.2. The summed E-state index contributed by atoms with van der Waals surface area (Å²) in [5, 5.41) is 1.35. The minimum absolute atomic E-state index is 0. The van der Waals surface area contributed by atoms with E-state index in [4.69, 9.17) is 23.2 Å². The molecule has 0 bridgehead atoms. The molecule has 0 saturated heterocycles. The summed E-state index contributed by atoms with van der Waals surface area (Å²) in [7, 11) is 3.61. The van der Waals surface area contributed by atoms with Crippen molar-refractivity contribution in [1.29, 1.82) is 0 Å². The predicted octanol–water partition coefficient (Wildman–Crippen LogP) is 2.24. The van der Waals surface area contributed by atoms with Gasteiger partial charge in [-0.05, 0) is 48.5 Å². The van der Waals surface area contributed by atoms with Gasteiger partial charge in [0, 0.05) is 41.5 Å². The van der Waals surface area contributed by atoms with Gasteiger partial charge in [-0.25, -0.2) is 4.99 Å². The highest BCUT2D eigenvalue weighted by atomic mass is 35.5. The lowest BCUT2D eigenvalue weighted by Gasteiger charge is -2.01. The number of hydrazine groups is 1. The fourth-order valence-corrected chi connectivity index (χ4v) is 2.15. The van der Waals surface area contributed by atoms with Gasteiger partial charge in [0.15, 0.2) is 5.84 Å². The molecule has 6 N–H and O–H groups in total. The number of hydrogen-bond donors (Lipinski definition) is 2. The van der Waals surface area contributed by atoms with Gasteiger partial charge in [-0.15, -0.1) is 0 Å². The molecule has 0 saturated carbocycles. The van der Waals surface area contributed by atoms with Crippen molar-refractivity contribution in [2.45, 2.75) is 0 Å². The summed E-state index contributed by atoms with van der Waals surface area (Å²) in [4.78, 5) is 25.1. The van der Waals surface area contributed by atoms with E-state index in [0.717, 1.165) is 16.4 Å². The van der Waals surface area contributed by atoms with Crippen LogP contribution in [0.4, 0.5) is 0 Å². The van der Waals surface area contributed by atoms with E-state index in [2.05, 4.69) is 26.7 Å². The van der Waals surface area contributed by atoms with Crippen LogP contribution < -0.4 is 11.7 Å². The van der Waals surface area contributed by atoms with Crippen molar-refractivity contribution in [3.63, 3.8) is 0 Å². The number of amidine groups is 1. The van der Waals surface area contributed by atoms with Crippen molar-refractivity contribution in [3.8, 4) is 0 Å². The number of benzene rings is 2. The molecule has 1 aliphatic heterocycles. The van der Waals surface area contributed by atoms with Gasteiger partial charge in [0.05, 0.1) is 12.9 Å². The maximum Gasteiger partial charge on any atom is 0.278 e. The van der Waals surface area contributed by atoms with E-state index in [0.29, 0.717) is 17.1 Å². The molecule has 29 heavy (non-hydrogen) atoms. The zero-order valence-corrected chi connectivity index (χ0v) is 17.6. The molecule has 2 aromatic carbocycles. The number of nitrogens with two attached hydrogens (primary N) is 2. The van der Waals surface area contributed by atoms with Crippen LogP contribution >= 0.6 is 23.2 Å². The number of nitrogens with zero attached hydrogens (tertiary/aromatic N) is 4. The Hall–Kier alpha value is -2.62. The standard InChI is InChI=1S/C10H11ClN2O.C9H7ClN2.H4N2.H2O/c1-13(2)7-12-10(14)8-3-5-9(11)6-4-8;10-8-3-1-7(2-4-8)9-11-5-6-12-9;1-2;/h3-7H,1-2H3;1-5H,6H2;1-2H2;1H2. The molecule has 0 fully saturated rings. The van der Waals surface area contributed by atoms with Gasteiger partial charge >= 0.3 is 0 Å². The Kier molecular flexibility index (Phi) is 13.1. The van der Waals surface area contributed by atoms with Gasteiger partial charge in [-0.1, -0.05) is 23.2 Å². The first-order valence-corrected chi connectivity index (χ1v) is 8.88. The van der Waals surface area contributed by atoms with E-state index >= 15 is 0 Å². The Labute approximate surface area is 179 Å². The normalized spacial score (nSPS) is 11.4. The zero-order chi connectivity index (χ0) is 20.9. The third-order valence-electron chi connectivity index (χ3n) is 3.14. The third kappa shape index (κ3) is 9.93. The summed E-state index contributed by atoms with van der Waals surface area (Å²) >= 11 is 11.4. The Balaban J connectivity index is 0.000000486. The number of aliphatic imine (C=N–C) groups is 3. The van der Waals surface area contributed by atoms with Gasteiger partial charge in [0.1, 0.15) is 0 Å². The van der Waals surface area contributed by atoms with Crippen molar-refractivity contribution in [3.05, 3.63) is 69.7 Å². The molecule has 0 unspecified atom stereocenters. The molecule has 8 nitrogen and oxygen atoms in total. The molecule has 10 heteroatoms. The molecule has 0 radical (unpaired) electrons. The van der Waals surface area contributed by atoms with Crippen LogP contribution in [0.5, 0.6) is 0 Å². The highest BCUT2D eigenvalue weighted by Crippen LogP contribution is 2.12. The van der Waals surface area contributed by atoms with Gasteiger partial charge < -0.3 is 10.4 Å². The average molecular weight is 439 g/mol. The van der Waals surface area contributed by atoms with Crippen LogP contribution in [0.15, 0.2) is 63.5 Å². The topological polar surface area (TPSA) is 141 Å². The Bertz CT molecular complexity index is 835. The second-order valence-electron chi connectivity index (χ2n) is 5.50. The van der Waals surface area contributed by atoms with Crippen molar-refractivity contribution in [2.24, 2.45) is 26.7 Å². The fraction of sp³-hybridized carbons (Fsp3) is 0.158. The summed E-state index contributed by atoms with van der Waals surface area (Å²) in [5.74, 6) is 8.53. The van der Waals surface area contributed by atoms with Gasteiger partial charge in [0.2, 0.25) is 0 Å². The molecular weight excluding hydrogens is 415 g/mol. The van der Waals surface area contributed by atoms with Crippen LogP contribution in [0.1, 0.15) is 15.9 Å². The van der Waals surface area contributed by atoms with Crippen molar-refractivity contribution < 1.29 is 10.3 Å². The minimum atomic E-state index is -0.268. The summed E-state index contributed by atoms with van der Waals surface area (Å²) < 4.78 is 0. The van der Waals surface area contributed by atoms with Crippen LogP contribution in [0.3, 0.4) is 0 Å². The molecule has 156 valence electrons. The zero-order valence-electron chi connectivity index (χ0n) is 16.1. The van der Waals surface area contributed by atoms with Gasteiger partial charge in [0.25, 0.3) is 5.91 Å². The molecule has 1 amide bonds. The number of carbonyl (C=O) groups excluding carboxylic acids is 1. The lowest BCUT2D eigenvalue weighted by molar-refractivity contribution is 0.100. The number of rotatable bonds is 3. The predicted molar refractivity (Wildman–Crippen MR) is 121 cm³/mol. The summed E-state index contributed by atoms with van der Waals surface area (Å²) in [5.41, 5.74) is 1.56. The molecule has 0 atom stereocenters. The van der Waals surface area contributed by atoms with Crippen molar-refractivity contribution >= 4 is 47.5 Å². The Morgan fingerprint density at radius 3 is 2.00 bits per heavy atom. The van der Waals surface area contributed by atoms with E-state index in [1.165, 1.54) is 6.34 Å². The van der Waals surface area contributed by atoms with Gasteiger partial charge in [-0.3, -0.25) is 21.5 Å². The highest BCUT2D eigenvalue weighted by molar-refractivity contribution is 6.31. The SMILES string of the molecule is CN(C)C=NC(=O)c1ccc(Cl)cc1.Clc1ccc(C2=NCC=N2)cc1.NN.O. The van der Waals surface area contributed by atoms with Crippen LogP contribution in [-0.4, -0.2) is 55.3 Å². The third-order valence-corrected chi connectivity index (χ3v) is 3.64. The van der Waals surface area contributed by atoms with E-state index < -0.39 is 0 Å². The van der Waals surface area contributed by atoms with E-state index in [-0.39, 0.29) is 11.4 Å². The highest BCUT2D eigenvalue weighted by Gasteiger charge is 2.03. The first-order chi connectivity index (χ1) is 13.5.